The van der Waals surface area contributed by atoms with Crippen molar-refractivity contribution in [1.82, 2.24) is 4.72 Å². The molecule has 0 aliphatic carbocycles. The van der Waals surface area contributed by atoms with E-state index in [1.807, 2.05) is 25.1 Å². The van der Waals surface area contributed by atoms with E-state index >= 15 is 0 Å². The highest BCUT2D eigenvalue weighted by atomic mass is 79.9. The van der Waals surface area contributed by atoms with Crippen LogP contribution in [0, 0.1) is 6.92 Å². The molecule has 0 atom stereocenters. The molecule has 1 N–H and O–H groups in total. The zero-order valence-corrected chi connectivity index (χ0v) is 19.5. The van der Waals surface area contributed by atoms with E-state index in [1.165, 1.54) is 18.2 Å². The van der Waals surface area contributed by atoms with Crippen LogP contribution < -0.4 is 4.72 Å². The van der Waals surface area contributed by atoms with Crippen molar-refractivity contribution in [3.63, 3.8) is 0 Å². The van der Waals surface area contributed by atoms with Gasteiger partial charge >= 0.3 is 0 Å². The lowest BCUT2D eigenvalue weighted by Crippen LogP contribution is -2.30. The Kier molecular flexibility index (Phi) is 5.92. The summed E-state index contributed by atoms with van der Waals surface area (Å²) in [6.07, 6.45) is 0.512. The van der Waals surface area contributed by atoms with Gasteiger partial charge in [0.15, 0.2) is 0 Å². The first-order chi connectivity index (χ1) is 14.7. The van der Waals surface area contributed by atoms with Crippen LogP contribution in [0.5, 0.6) is 0 Å². The maximum Gasteiger partial charge on any atom is 0.265 e. The largest absolute Gasteiger partial charge is 0.461 e. The van der Waals surface area contributed by atoms with Gasteiger partial charge in [-0.25, -0.2) is 13.1 Å². The fourth-order valence-electron chi connectivity index (χ4n) is 3.33. The van der Waals surface area contributed by atoms with Crippen LogP contribution in [0.4, 0.5) is 0 Å². The molecular formula is C23H17BrClNO4S. The standard InChI is InChI=1S/C23H17BrClNO4S/c1-14-19(11-15-7-9-17(24)13-21(15)25)20-12-16(8-10-22(20)30-14)23(27)26-31(28,29)18-5-3-2-4-6-18/h2-10,12-13H,11H2,1H3,(H,26,27). The minimum absolute atomic E-state index is 0.0224. The number of hydrogen-bond acceptors (Lipinski definition) is 4. The highest BCUT2D eigenvalue weighted by molar-refractivity contribution is 9.10. The third kappa shape index (κ3) is 4.54. The number of amides is 1. The molecule has 0 saturated carbocycles. The molecule has 0 radical (unpaired) electrons. The van der Waals surface area contributed by atoms with Gasteiger partial charge in [-0.15, -0.1) is 0 Å². The number of hydrogen-bond donors (Lipinski definition) is 1. The van der Waals surface area contributed by atoms with E-state index in [0.717, 1.165) is 21.0 Å². The summed E-state index contributed by atoms with van der Waals surface area (Å²) in [5.74, 6) is 0.000630. The second-order valence-electron chi connectivity index (χ2n) is 7.01. The second kappa shape index (κ2) is 8.49. The quantitative estimate of drug-likeness (QED) is 0.359. The zero-order valence-electron chi connectivity index (χ0n) is 16.4. The monoisotopic (exact) mass is 517 g/mol. The smallest absolute Gasteiger partial charge is 0.265 e. The molecule has 0 spiro atoms. The third-order valence-corrected chi connectivity index (χ3v) is 7.11. The van der Waals surface area contributed by atoms with E-state index in [2.05, 4.69) is 20.7 Å². The Hall–Kier alpha value is -2.61. The lowest BCUT2D eigenvalue weighted by Gasteiger charge is -2.08. The topological polar surface area (TPSA) is 76.4 Å². The average molecular weight is 519 g/mol. The molecule has 0 unspecified atom stereocenters. The van der Waals surface area contributed by atoms with E-state index in [9.17, 15) is 13.2 Å². The molecule has 0 aliphatic rings. The maximum atomic E-state index is 12.7. The van der Waals surface area contributed by atoms with Crippen molar-refractivity contribution in [2.24, 2.45) is 0 Å². The van der Waals surface area contributed by atoms with Crippen LogP contribution in [0.15, 0.2) is 80.5 Å². The lowest BCUT2D eigenvalue weighted by atomic mass is 10.0. The normalized spacial score (nSPS) is 11.6. The Morgan fingerprint density at radius 3 is 2.52 bits per heavy atom. The van der Waals surface area contributed by atoms with Crippen molar-refractivity contribution >= 4 is 54.4 Å². The number of carbonyl (C=O) groups is 1. The van der Waals surface area contributed by atoms with Gasteiger partial charge in [0.2, 0.25) is 0 Å². The van der Waals surface area contributed by atoms with Crippen molar-refractivity contribution in [1.29, 1.82) is 0 Å². The summed E-state index contributed by atoms with van der Waals surface area (Å²) in [7, 11) is -3.97. The van der Waals surface area contributed by atoms with Gasteiger partial charge in [0, 0.05) is 32.4 Å². The lowest BCUT2D eigenvalue weighted by molar-refractivity contribution is 0.0981. The molecule has 8 heteroatoms. The number of rotatable bonds is 5. The Bertz CT molecular complexity index is 1400. The maximum absolute atomic E-state index is 12.7. The van der Waals surface area contributed by atoms with E-state index < -0.39 is 15.9 Å². The van der Waals surface area contributed by atoms with Gasteiger partial charge in [0.25, 0.3) is 15.9 Å². The summed E-state index contributed by atoms with van der Waals surface area (Å²) in [4.78, 5) is 12.7. The molecule has 0 bridgehead atoms. The van der Waals surface area contributed by atoms with Gasteiger partial charge < -0.3 is 4.42 Å². The first kappa shape index (κ1) is 21.6. The summed E-state index contributed by atoms with van der Waals surface area (Å²) in [6, 6.07) is 18.3. The van der Waals surface area contributed by atoms with Crippen LogP contribution in [-0.2, 0) is 16.4 Å². The van der Waals surface area contributed by atoms with Crippen LogP contribution in [0.3, 0.4) is 0 Å². The molecule has 31 heavy (non-hydrogen) atoms. The number of fused-ring (bicyclic) bond motifs is 1. The van der Waals surface area contributed by atoms with Crippen LogP contribution in [0.25, 0.3) is 11.0 Å². The van der Waals surface area contributed by atoms with Crippen LogP contribution >= 0.6 is 27.5 Å². The van der Waals surface area contributed by atoms with Gasteiger partial charge in [-0.3, -0.25) is 4.79 Å². The van der Waals surface area contributed by atoms with E-state index in [0.29, 0.717) is 22.8 Å². The molecule has 5 nitrogen and oxygen atoms in total. The highest BCUT2D eigenvalue weighted by Crippen LogP contribution is 2.31. The van der Waals surface area contributed by atoms with Crippen molar-refractivity contribution < 1.29 is 17.6 Å². The molecule has 4 aromatic rings. The number of sulfonamides is 1. The predicted octanol–water partition coefficient (Wildman–Crippen LogP) is 5.87. The molecule has 0 fully saturated rings. The fourth-order valence-corrected chi connectivity index (χ4v) is 5.06. The predicted molar refractivity (Wildman–Crippen MR) is 124 cm³/mol. The molecule has 3 aromatic carbocycles. The number of halogens is 2. The SMILES string of the molecule is Cc1oc2ccc(C(=O)NS(=O)(=O)c3ccccc3)cc2c1Cc1ccc(Br)cc1Cl. The molecule has 1 heterocycles. The van der Waals surface area contributed by atoms with Crippen LogP contribution in [0.1, 0.15) is 27.2 Å². The van der Waals surface area contributed by atoms with E-state index in [4.69, 9.17) is 16.0 Å². The Morgan fingerprint density at radius 1 is 1.06 bits per heavy atom. The van der Waals surface area contributed by atoms with Crippen molar-refractivity contribution in [3.05, 3.63) is 98.7 Å². The van der Waals surface area contributed by atoms with Gasteiger partial charge in [0.1, 0.15) is 11.3 Å². The molecule has 4 rings (SSSR count). The van der Waals surface area contributed by atoms with Gasteiger partial charge in [-0.1, -0.05) is 51.8 Å². The number of nitrogens with one attached hydrogen (secondary N) is 1. The highest BCUT2D eigenvalue weighted by Gasteiger charge is 2.20. The number of aryl methyl sites for hydroxylation is 1. The molecule has 1 aromatic heterocycles. The summed E-state index contributed by atoms with van der Waals surface area (Å²) in [5, 5.41) is 1.35. The molecular weight excluding hydrogens is 502 g/mol. The minimum atomic E-state index is -3.97. The molecule has 0 aliphatic heterocycles. The van der Waals surface area contributed by atoms with Crippen LogP contribution in [0.2, 0.25) is 5.02 Å². The fraction of sp³-hybridized carbons (Fsp3) is 0.0870. The Labute approximate surface area is 193 Å². The molecule has 0 saturated heterocycles. The summed E-state index contributed by atoms with van der Waals surface area (Å²) in [5.41, 5.74) is 2.64. The summed E-state index contributed by atoms with van der Waals surface area (Å²) >= 11 is 9.77. The van der Waals surface area contributed by atoms with Crippen LogP contribution in [-0.4, -0.2) is 14.3 Å². The first-order valence-electron chi connectivity index (χ1n) is 9.33. The van der Waals surface area contributed by atoms with Crippen molar-refractivity contribution in [2.45, 2.75) is 18.2 Å². The molecule has 158 valence electrons. The van der Waals surface area contributed by atoms with E-state index in [1.54, 1.807) is 30.3 Å². The average Bonchev–Trinajstić information content (AvgIpc) is 3.04. The number of carbonyl (C=O) groups excluding carboxylic acids is 1. The Morgan fingerprint density at radius 2 is 1.81 bits per heavy atom. The first-order valence-corrected chi connectivity index (χ1v) is 12.0. The summed E-state index contributed by atoms with van der Waals surface area (Å²) in [6.45, 7) is 1.85. The number of benzene rings is 3. The third-order valence-electron chi connectivity index (χ3n) is 4.92. The minimum Gasteiger partial charge on any atom is -0.461 e. The van der Waals surface area contributed by atoms with Gasteiger partial charge in [0.05, 0.1) is 4.90 Å². The zero-order chi connectivity index (χ0) is 22.2. The van der Waals surface area contributed by atoms with Crippen molar-refractivity contribution in [2.75, 3.05) is 0 Å². The summed E-state index contributed by atoms with van der Waals surface area (Å²) < 4.78 is 33.8. The van der Waals surface area contributed by atoms with Crippen molar-refractivity contribution in [3.8, 4) is 0 Å². The van der Waals surface area contributed by atoms with Gasteiger partial charge in [-0.05, 0) is 55.0 Å². The number of furan rings is 1. The van der Waals surface area contributed by atoms with E-state index in [-0.39, 0.29) is 10.5 Å². The van der Waals surface area contributed by atoms with Gasteiger partial charge in [-0.2, -0.15) is 0 Å². The Balaban J connectivity index is 1.67. The molecule has 1 amide bonds. The second-order valence-corrected chi connectivity index (χ2v) is 10.0.